The van der Waals surface area contributed by atoms with Crippen LogP contribution in [0.3, 0.4) is 0 Å². The van der Waals surface area contributed by atoms with Crippen molar-refractivity contribution in [2.75, 3.05) is 18.0 Å². The van der Waals surface area contributed by atoms with E-state index in [0.717, 1.165) is 0 Å². The molecule has 2 rings (SSSR count). The molecule has 92 valence electrons. The number of carbonyl (C=O) groups excluding carboxylic acids is 1. The lowest BCUT2D eigenvalue weighted by atomic mass is 10.1. The molecule has 5 nitrogen and oxygen atoms in total. The van der Waals surface area contributed by atoms with Gasteiger partial charge in [0.1, 0.15) is 5.75 Å². The fourth-order valence-electron chi connectivity index (χ4n) is 1.83. The van der Waals surface area contributed by atoms with Crippen LogP contribution in [0.15, 0.2) is 24.3 Å². The molecule has 1 aliphatic heterocycles. The second kappa shape index (κ2) is 4.73. The van der Waals surface area contributed by atoms with Gasteiger partial charge in [0.05, 0.1) is 18.3 Å². The van der Waals surface area contributed by atoms with Gasteiger partial charge in [-0.2, -0.15) is 0 Å². The molecule has 0 fully saturated rings. The van der Waals surface area contributed by atoms with Crippen molar-refractivity contribution >= 4 is 11.6 Å². The molecule has 3 N–H and O–H groups in total. The molecule has 17 heavy (non-hydrogen) atoms. The number of hydrogen-bond acceptors (Lipinski definition) is 4. The number of nitrogens with two attached hydrogens (primary N) is 1. The summed E-state index contributed by atoms with van der Waals surface area (Å²) in [5, 5.41) is 9.58. The Morgan fingerprint density at radius 1 is 1.53 bits per heavy atom. The zero-order valence-corrected chi connectivity index (χ0v) is 9.67. The van der Waals surface area contributed by atoms with E-state index in [1.807, 2.05) is 12.1 Å². The predicted molar refractivity (Wildman–Crippen MR) is 63.9 cm³/mol. The maximum absolute atomic E-state index is 12.0. The fourth-order valence-corrected chi connectivity index (χ4v) is 1.83. The Balaban J connectivity index is 2.32. The molecule has 0 saturated carbocycles. The van der Waals surface area contributed by atoms with Crippen LogP contribution in [-0.4, -0.2) is 36.3 Å². The first kappa shape index (κ1) is 11.9. The topological polar surface area (TPSA) is 75.8 Å². The van der Waals surface area contributed by atoms with Gasteiger partial charge in [-0.25, -0.2) is 0 Å². The standard InChI is InChI=1S/C12H16N2O3/c1-8-12(16)14(7-9(15)6-13)10-4-2-3-5-11(10)17-8/h2-5,8-9,15H,6-7,13H2,1H3/t8?,9-/m1/s1. The molecule has 0 aliphatic carbocycles. The number of hydrogen-bond donors (Lipinski definition) is 2. The molecule has 1 amide bonds. The van der Waals surface area contributed by atoms with E-state index in [1.54, 1.807) is 19.1 Å². The van der Waals surface area contributed by atoms with Crippen molar-refractivity contribution in [1.82, 2.24) is 0 Å². The van der Waals surface area contributed by atoms with E-state index in [1.165, 1.54) is 4.90 Å². The van der Waals surface area contributed by atoms with E-state index in [2.05, 4.69) is 0 Å². The van der Waals surface area contributed by atoms with Crippen molar-refractivity contribution in [2.24, 2.45) is 5.73 Å². The molecule has 5 heteroatoms. The van der Waals surface area contributed by atoms with Gasteiger partial charge in [-0.15, -0.1) is 0 Å². The zero-order valence-electron chi connectivity index (χ0n) is 9.67. The van der Waals surface area contributed by atoms with E-state index >= 15 is 0 Å². The van der Waals surface area contributed by atoms with Gasteiger partial charge in [0.25, 0.3) is 5.91 Å². The first-order valence-corrected chi connectivity index (χ1v) is 5.58. The first-order chi connectivity index (χ1) is 8.13. The van der Waals surface area contributed by atoms with Gasteiger partial charge in [-0.05, 0) is 19.1 Å². The highest BCUT2D eigenvalue weighted by molar-refractivity contribution is 5.99. The molecule has 1 unspecified atom stereocenters. The molecular formula is C12H16N2O3. The van der Waals surface area contributed by atoms with Crippen LogP contribution >= 0.6 is 0 Å². The number of fused-ring (bicyclic) bond motifs is 1. The van der Waals surface area contributed by atoms with Gasteiger partial charge in [-0.3, -0.25) is 4.79 Å². The summed E-state index contributed by atoms with van der Waals surface area (Å²) >= 11 is 0. The fraction of sp³-hybridized carbons (Fsp3) is 0.417. The third-order valence-corrected chi connectivity index (χ3v) is 2.74. The van der Waals surface area contributed by atoms with Crippen molar-refractivity contribution in [1.29, 1.82) is 0 Å². The van der Waals surface area contributed by atoms with Crippen LogP contribution < -0.4 is 15.4 Å². The summed E-state index contributed by atoms with van der Waals surface area (Å²) in [4.78, 5) is 13.5. The third kappa shape index (κ3) is 2.25. The Morgan fingerprint density at radius 2 is 2.24 bits per heavy atom. The van der Waals surface area contributed by atoms with Gasteiger partial charge in [0.2, 0.25) is 0 Å². The maximum Gasteiger partial charge on any atom is 0.267 e. The summed E-state index contributed by atoms with van der Waals surface area (Å²) in [5.74, 6) is 0.500. The largest absolute Gasteiger partial charge is 0.479 e. The Hall–Kier alpha value is -1.59. The first-order valence-electron chi connectivity index (χ1n) is 5.58. The van der Waals surface area contributed by atoms with Crippen molar-refractivity contribution in [3.05, 3.63) is 24.3 Å². The van der Waals surface area contributed by atoms with E-state index in [9.17, 15) is 9.90 Å². The van der Waals surface area contributed by atoms with E-state index in [-0.39, 0.29) is 19.0 Å². The van der Waals surface area contributed by atoms with Crippen LogP contribution in [0.5, 0.6) is 5.75 Å². The number of amides is 1. The maximum atomic E-state index is 12.0. The second-order valence-corrected chi connectivity index (χ2v) is 4.07. The van der Waals surface area contributed by atoms with Crippen LogP contribution in [0.4, 0.5) is 5.69 Å². The minimum Gasteiger partial charge on any atom is -0.479 e. The number of nitrogens with zero attached hydrogens (tertiary/aromatic N) is 1. The average molecular weight is 236 g/mol. The number of para-hydroxylation sites is 2. The van der Waals surface area contributed by atoms with E-state index < -0.39 is 12.2 Å². The number of aliphatic hydroxyl groups is 1. The van der Waals surface area contributed by atoms with Crippen molar-refractivity contribution in [3.8, 4) is 5.75 Å². The summed E-state index contributed by atoms with van der Waals surface area (Å²) < 4.78 is 5.49. The number of anilines is 1. The summed E-state index contributed by atoms with van der Waals surface area (Å²) in [6.45, 7) is 2.02. The van der Waals surface area contributed by atoms with Crippen LogP contribution in [0.2, 0.25) is 0 Å². The van der Waals surface area contributed by atoms with Gasteiger partial charge in [0, 0.05) is 6.54 Å². The van der Waals surface area contributed by atoms with Crippen LogP contribution in [-0.2, 0) is 4.79 Å². The quantitative estimate of drug-likeness (QED) is 0.781. The van der Waals surface area contributed by atoms with Crippen molar-refractivity contribution in [2.45, 2.75) is 19.1 Å². The summed E-state index contributed by atoms with van der Waals surface area (Å²) in [6.07, 6.45) is -1.26. The molecule has 0 aromatic heterocycles. The third-order valence-electron chi connectivity index (χ3n) is 2.74. The second-order valence-electron chi connectivity index (χ2n) is 4.07. The number of aliphatic hydroxyl groups excluding tert-OH is 1. The Morgan fingerprint density at radius 3 is 2.94 bits per heavy atom. The Labute approximate surface area is 99.8 Å². The minimum absolute atomic E-state index is 0.126. The molecule has 0 spiro atoms. The minimum atomic E-state index is -0.725. The molecule has 2 atom stereocenters. The SMILES string of the molecule is CC1Oc2ccccc2N(C[C@H](O)CN)C1=O. The van der Waals surface area contributed by atoms with Gasteiger partial charge < -0.3 is 20.5 Å². The summed E-state index contributed by atoms with van der Waals surface area (Å²) in [5.41, 5.74) is 6.05. The lowest BCUT2D eigenvalue weighted by Crippen LogP contribution is -2.48. The van der Waals surface area contributed by atoms with E-state index in [0.29, 0.717) is 11.4 Å². The Kier molecular flexibility index (Phi) is 3.31. The van der Waals surface area contributed by atoms with Crippen molar-refractivity contribution < 1.29 is 14.6 Å². The monoisotopic (exact) mass is 236 g/mol. The summed E-state index contributed by atoms with van der Waals surface area (Å²) in [6, 6.07) is 7.27. The molecule has 0 bridgehead atoms. The molecular weight excluding hydrogens is 220 g/mol. The molecule has 0 saturated heterocycles. The van der Waals surface area contributed by atoms with Crippen molar-refractivity contribution in [3.63, 3.8) is 0 Å². The molecule has 0 radical (unpaired) electrons. The number of benzene rings is 1. The van der Waals surface area contributed by atoms with Crippen LogP contribution in [0, 0.1) is 0 Å². The lowest BCUT2D eigenvalue weighted by Gasteiger charge is -2.33. The normalized spacial score (nSPS) is 20.8. The predicted octanol–water partition coefficient (Wildman–Crippen LogP) is 0.120. The highest BCUT2D eigenvalue weighted by Crippen LogP contribution is 2.33. The smallest absolute Gasteiger partial charge is 0.267 e. The highest BCUT2D eigenvalue weighted by Gasteiger charge is 2.31. The molecule has 1 aliphatic rings. The number of carbonyl (C=O) groups is 1. The highest BCUT2D eigenvalue weighted by atomic mass is 16.5. The number of ether oxygens (including phenoxy) is 1. The molecule has 1 heterocycles. The summed E-state index contributed by atoms with van der Waals surface area (Å²) in [7, 11) is 0. The number of rotatable bonds is 3. The number of β-amino-alcohol motifs (C(OH)–C–C–N with tert-alkyl or cyclic N) is 1. The van der Waals surface area contributed by atoms with Crippen LogP contribution in [0.25, 0.3) is 0 Å². The molecule has 1 aromatic carbocycles. The zero-order chi connectivity index (χ0) is 12.4. The van der Waals surface area contributed by atoms with Gasteiger partial charge >= 0.3 is 0 Å². The van der Waals surface area contributed by atoms with E-state index in [4.69, 9.17) is 10.5 Å². The van der Waals surface area contributed by atoms with Gasteiger partial charge in [0.15, 0.2) is 6.10 Å². The average Bonchev–Trinajstić information content (AvgIpc) is 2.34. The van der Waals surface area contributed by atoms with Gasteiger partial charge in [-0.1, -0.05) is 12.1 Å². The van der Waals surface area contributed by atoms with Crippen LogP contribution in [0.1, 0.15) is 6.92 Å². The Bertz CT molecular complexity index is 422. The molecule has 1 aromatic rings. The lowest BCUT2D eigenvalue weighted by molar-refractivity contribution is -0.125.